The second kappa shape index (κ2) is 9.26. The normalized spacial score (nSPS) is 11.6. The fourth-order valence-electron chi connectivity index (χ4n) is 1.87. The van der Waals surface area contributed by atoms with Crippen LogP contribution in [0.25, 0.3) is 6.08 Å². The molecule has 1 amide bonds. The molecule has 0 heterocycles. The molecular formula is C18H27NO3. The highest BCUT2D eigenvalue weighted by Gasteiger charge is 2.15. The number of rotatable bonds is 7. The minimum atomic E-state index is -0.461. The van der Waals surface area contributed by atoms with Crippen LogP contribution in [0.3, 0.4) is 0 Å². The van der Waals surface area contributed by atoms with Crippen LogP contribution in [0.2, 0.25) is 0 Å². The predicted octanol–water partition coefficient (Wildman–Crippen LogP) is 3.54. The molecule has 22 heavy (non-hydrogen) atoms. The van der Waals surface area contributed by atoms with Gasteiger partial charge in [0.15, 0.2) is 0 Å². The average Bonchev–Trinajstić information content (AvgIpc) is 2.44. The summed E-state index contributed by atoms with van der Waals surface area (Å²) in [6.45, 7) is 6.32. The van der Waals surface area contributed by atoms with Crippen molar-refractivity contribution in [1.29, 1.82) is 0 Å². The number of benzene rings is 1. The largest absolute Gasteiger partial charge is 0.444 e. The molecule has 1 rings (SSSR count). The number of aliphatic hydroxyl groups excluding tert-OH is 1. The summed E-state index contributed by atoms with van der Waals surface area (Å²) in [5.41, 5.74) is 1.90. The average molecular weight is 305 g/mol. The molecule has 0 aliphatic heterocycles. The zero-order valence-electron chi connectivity index (χ0n) is 13.8. The van der Waals surface area contributed by atoms with Gasteiger partial charge in [-0.1, -0.05) is 36.4 Å². The van der Waals surface area contributed by atoms with Crippen LogP contribution in [-0.2, 0) is 11.2 Å². The highest BCUT2D eigenvalue weighted by Crippen LogP contribution is 2.09. The van der Waals surface area contributed by atoms with E-state index >= 15 is 0 Å². The Kier molecular flexibility index (Phi) is 7.67. The van der Waals surface area contributed by atoms with Gasteiger partial charge < -0.3 is 15.2 Å². The lowest BCUT2D eigenvalue weighted by atomic mass is 10.1. The first kappa shape index (κ1) is 18.2. The van der Waals surface area contributed by atoms with Crippen molar-refractivity contribution in [2.75, 3.05) is 13.2 Å². The van der Waals surface area contributed by atoms with Gasteiger partial charge in [0.1, 0.15) is 5.60 Å². The zero-order valence-corrected chi connectivity index (χ0v) is 13.8. The number of carbonyl (C=O) groups is 1. The Balaban J connectivity index is 2.27. The van der Waals surface area contributed by atoms with Crippen molar-refractivity contribution < 1.29 is 14.6 Å². The summed E-state index contributed by atoms with van der Waals surface area (Å²) in [6, 6.07) is 8.28. The van der Waals surface area contributed by atoms with Gasteiger partial charge >= 0.3 is 6.09 Å². The van der Waals surface area contributed by atoms with Crippen molar-refractivity contribution in [1.82, 2.24) is 5.32 Å². The number of ether oxygens (including phenoxy) is 1. The van der Waals surface area contributed by atoms with Gasteiger partial charge in [0, 0.05) is 13.2 Å². The Bertz CT molecular complexity index is 472. The molecule has 0 aliphatic carbocycles. The Hall–Kier alpha value is -1.81. The van der Waals surface area contributed by atoms with E-state index in [1.807, 2.05) is 32.9 Å². The maximum Gasteiger partial charge on any atom is 0.407 e. The summed E-state index contributed by atoms with van der Waals surface area (Å²) in [7, 11) is 0. The van der Waals surface area contributed by atoms with Crippen LogP contribution in [-0.4, -0.2) is 30.0 Å². The van der Waals surface area contributed by atoms with Gasteiger partial charge in [0.25, 0.3) is 0 Å². The van der Waals surface area contributed by atoms with Crippen LogP contribution in [0, 0.1) is 0 Å². The second-order valence-corrected chi connectivity index (χ2v) is 6.19. The molecule has 1 aromatic rings. The molecule has 0 atom stereocenters. The molecule has 1 aromatic carbocycles. The van der Waals surface area contributed by atoms with Crippen molar-refractivity contribution in [3.8, 4) is 0 Å². The Morgan fingerprint density at radius 2 is 1.95 bits per heavy atom. The fraction of sp³-hybridized carbons (Fsp3) is 0.500. The summed E-state index contributed by atoms with van der Waals surface area (Å²) in [4.78, 5) is 11.4. The quantitative estimate of drug-likeness (QED) is 0.758. The number of aliphatic hydroxyl groups is 1. The highest BCUT2D eigenvalue weighted by atomic mass is 16.6. The van der Waals surface area contributed by atoms with Gasteiger partial charge in [-0.15, -0.1) is 0 Å². The lowest BCUT2D eigenvalue weighted by molar-refractivity contribution is 0.0529. The molecule has 0 fully saturated rings. The Labute approximate surface area is 133 Å². The van der Waals surface area contributed by atoms with Crippen LogP contribution in [0.15, 0.2) is 30.3 Å². The molecule has 4 heteroatoms. The molecule has 4 nitrogen and oxygen atoms in total. The van der Waals surface area contributed by atoms with Crippen molar-refractivity contribution in [2.45, 2.75) is 45.6 Å². The monoisotopic (exact) mass is 305 g/mol. The van der Waals surface area contributed by atoms with Gasteiger partial charge in [-0.25, -0.2) is 4.79 Å². The van der Waals surface area contributed by atoms with E-state index in [2.05, 4.69) is 29.6 Å². The summed E-state index contributed by atoms with van der Waals surface area (Å²) in [5.74, 6) is 0. The first-order valence-electron chi connectivity index (χ1n) is 7.74. The third kappa shape index (κ3) is 8.47. The standard InChI is InChI=1S/C18H27NO3/c1-18(2,3)22-17(21)19-13-5-4-7-15-9-11-16(12-10-15)8-6-14-20/h4,7,9-12,20H,5-6,8,13-14H2,1-3H3,(H,19,21). The topological polar surface area (TPSA) is 58.6 Å². The zero-order chi connectivity index (χ0) is 16.4. The lowest BCUT2D eigenvalue weighted by Crippen LogP contribution is -2.32. The van der Waals surface area contributed by atoms with Crippen LogP contribution < -0.4 is 5.32 Å². The summed E-state index contributed by atoms with van der Waals surface area (Å²) < 4.78 is 5.16. The molecule has 0 spiro atoms. The summed E-state index contributed by atoms with van der Waals surface area (Å²) >= 11 is 0. The minimum absolute atomic E-state index is 0.228. The van der Waals surface area contributed by atoms with Crippen molar-refractivity contribution in [3.63, 3.8) is 0 Å². The Morgan fingerprint density at radius 1 is 1.27 bits per heavy atom. The van der Waals surface area contributed by atoms with Gasteiger partial charge in [0.05, 0.1) is 0 Å². The molecule has 0 radical (unpaired) electrons. The first-order chi connectivity index (χ1) is 10.4. The second-order valence-electron chi connectivity index (χ2n) is 6.19. The summed E-state index contributed by atoms with van der Waals surface area (Å²) in [5, 5.41) is 11.5. The molecule has 0 saturated carbocycles. The molecule has 0 saturated heterocycles. The smallest absolute Gasteiger partial charge is 0.407 e. The number of amides is 1. The summed E-state index contributed by atoms with van der Waals surface area (Å²) in [6.07, 6.45) is 6.14. The number of hydrogen-bond donors (Lipinski definition) is 2. The first-order valence-corrected chi connectivity index (χ1v) is 7.74. The van der Waals surface area contributed by atoms with Crippen molar-refractivity contribution >= 4 is 12.2 Å². The SMILES string of the molecule is CC(C)(C)OC(=O)NCCC=Cc1ccc(CCCO)cc1. The van der Waals surface area contributed by atoms with E-state index in [4.69, 9.17) is 9.84 Å². The van der Waals surface area contributed by atoms with E-state index in [0.29, 0.717) is 6.54 Å². The lowest BCUT2D eigenvalue weighted by Gasteiger charge is -2.19. The predicted molar refractivity (Wildman–Crippen MR) is 89.7 cm³/mol. The molecule has 2 N–H and O–H groups in total. The van der Waals surface area contributed by atoms with E-state index in [1.165, 1.54) is 5.56 Å². The molecule has 0 unspecified atom stereocenters. The highest BCUT2D eigenvalue weighted by molar-refractivity contribution is 5.67. The molecule has 0 aliphatic rings. The van der Waals surface area contributed by atoms with E-state index in [-0.39, 0.29) is 12.7 Å². The maximum absolute atomic E-state index is 11.4. The van der Waals surface area contributed by atoms with E-state index in [9.17, 15) is 4.79 Å². The molecule has 0 aromatic heterocycles. The third-order valence-corrected chi connectivity index (χ3v) is 2.89. The molecule has 122 valence electrons. The number of alkyl carbamates (subject to hydrolysis) is 1. The molecule has 0 bridgehead atoms. The number of nitrogens with one attached hydrogen (secondary N) is 1. The van der Waals surface area contributed by atoms with Gasteiger partial charge in [-0.05, 0) is 51.2 Å². The van der Waals surface area contributed by atoms with Crippen LogP contribution >= 0.6 is 0 Å². The van der Waals surface area contributed by atoms with E-state index < -0.39 is 5.60 Å². The van der Waals surface area contributed by atoms with Gasteiger partial charge in [-0.2, -0.15) is 0 Å². The number of aryl methyl sites for hydroxylation is 1. The van der Waals surface area contributed by atoms with Gasteiger partial charge in [-0.3, -0.25) is 0 Å². The Morgan fingerprint density at radius 3 is 2.55 bits per heavy atom. The van der Waals surface area contributed by atoms with Crippen molar-refractivity contribution in [2.24, 2.45) is 0 Å². The maximum atomic E-state index is 11.4. The molecular weight excluding hydrogens is 278 g/mol. The van der Waals surface area contributed by atoms with E-state index in [1.54, 1.807) is 0 Å². The van der Waals surface area contributed by atoms with E-state index in [0.717, 1.165) is 24.8 Å². The fourth-order valence-corrected chi connectivity index (χ4v) is 1.87. The van der Waals surface area contributed by atoms with Gasteiger partial charge in [0.2, 0.25) is 0 Å². The van der Waals surface area contributed by atoms with Crippen LogP contribution in [0.5, 0.6) is 0 Å². The van der Waals surface area contributed by atoms with Crippen LogP contribution in [0.1, 0.15) is 44.7 Å². The third-order valence-electron chi connectivity index (χ3n) is 2.89. The minimum Gasteiger partial charge on any atom is -0.444 e. The van der Waals surface area contributed by atoms with Crippen molar-refractivity contribution in [3.05, 3.63) is 41.5 Å². The van der Waals surface area contributed by atoms with Crippen LogP contribution in [0.4, 0.5) is 4.79 Å². The number of hydrogen-bond acceptors (Lipinski definition) is 3. The number of carbonyl (C=O) groups excluding carboxylic acids is 1.